The third-order valence-corrected chi connectivity index (χ3v) is 1.31. The lowest BCUT2D eigenvalue weighted by atomic mass is 10.5. The second-order valence-corrected chi connectivity index (χ2v) is 2.21. The van der Waals surface area contributed by atoms with Gasteiger partial charge < -0.3 is 9.47 Å². The molecule has 0 aromatic carbocycles. The van der Waals surface area contributed by atoms with Crippen molar-refractivity contribution in [1.82, 2.24) is 9.97 Å². The van der Waals surface area contributed by atoms with E-state index in [1.54, 1.807) is 13.0 Å². The van der Waals surface area contributed by atoms with Gasteiger partial charge in [0, 0.05) is 18.7 Å². The highest BCUT2D eigenvalue weighted by atomic mass is 16.6. The molecule has 0 amide bonds. The molecule has 0 aliphatic heterocycles. The molecular formula is C8H10N2O3. The van der Waals surface area contributed by atoms with Crippen LogP contribution in [0.15, 0.2) is 12.3 Å². The van der Waals surface area contributed by atoms with Crippen molar-refractivity contribution in [1.29, 1.82) is 0 Å². The van der Waals surface area contributed by atoms with Gasteiger partial charge in [0.1, 0.15) is 0 Å². The van der Waals surface area contributed by atoms with Crippen LogP contribution in [0.3, 0.4) is 0 Å². The molecule has 0 fully saturated rings. The average Bonchev–Trinajstić information content (AvgIpc) is 2.18. The Labute approximate surface area is 75.7 Å². The Kier molecular flexibility index (Phi) is 3.19. The van der Waals surface area contributed by atoms with E-state index in [1.165, 1.54) is 13.3 Å². The van der Waals surface area contributed by atoms with Crippen molar-refractivity contribution in [3.05, 3.63) is 12.3 Å². The quantitative estimate of drug-likeness (QED) is 0.647. The SMILES string of the molecule is CCC(=O)Oc1nccc(OC)n1. The van der Waals surface area contributed by atoms with E-state index in [0.29, 0.717) is 12.3 Å². The first-order chi connectivity index (χ1) is 6.26. The molecular weight excluding hydrogens is 172 g/mol. The van der Waals surface area contributed by atoms with Gasteiger partial charge in [-0.25, -0.2) is 4.98 Å². The molecule has 70 valence electrons. The number of hydrogen-bond donors (Lipinski definition) is 0. The molecule has 0 aliphatic rings. The van der Waals surface area contributed by atoms with Crippen LogP contribution in [0.4, 0.5) is 0 Å². The van der Waals surface area contributed by atoms with Crippen molar-refractivity contribution in [2.75, 3.05) is 7.11 Å². The van der Waals surface area contributed by atoms with E-state index in [4.69, 9.17) is 9.47 Å². The third-order valence-electron chi connectivity index (χ3n) is 1.31. The first kappa shape index (κ1) is 9.44. The minimum absolute atomic E-state index is 0.0196. The van der Waals surface area contributed by atoms with Crippen molar-refractivity contribution >= 4 is 5.97 Å². The van der Waals surface area contributed by atoms with Gasteiger partial charge in [-0.2, -0.15) is 4.98 Å². The first-order valence-corrected chi connectivity index (χ1v) is 3.84. The summed E-state index contributed by atoms with van der Waals surface area (Å²) in [4.78, 5) is 18.4. The van der Waals surface area contributed by atoms with E-state index >= 15 is 0 Å². The normalized spacial score (nSPS) is 9.38. The molecule has 0 radical (unpaired) electrons. The Bertz CT molecular complexity index is 301. The van der Waals surface area contributed by atoms with Crippen molar-refractivity contribution in [3.8, 4) is 11.9 Å². The predicted octanol–water partition coefficient (Wildman–Crippen LogP) is 0.801. The van der Waals surface area contributed by atoms with Gasteiger partial charge in [0.25, 0.3) is 0 Å². The minimum Gasteiger partial charge on any atom is -0.481 e. The van der Waals surface area contributed by atoms with E-state index in [2.05, 4.69) is 9.97 Å². The van der Waals surface area contributed by atoms with Crippen LogP contribution in [0, 0.1) is 0 Å². The fourth-order valence-corrected chi connectivity index (χ4v) is 0.662. The molecule has 0 aliphatic carbocycles. The minimum atomic E-state index is -0.367. The Morgan fingerprint density at radius 3 is 3.00 bits per heavy atom. The molecule has 0 saturated heterocycles. The molecule has 13 heavy (non-hydrogen) atoms. The van der Waals surface area contributed by atoms with Gasteiger partial charge >= 0.3 is 12.0 Å². The number of methoxy groups -OCH3 is 1. The largest absolute Gasteiger partial charge is 0.481 e. The monoisotopic (exact) mass is 182 g/mol. The first-order valence-electron chi connectivity index (χ1n) is 3.84. The van der Waals surface area contributed by atoms with Crippen LogP contribution in [-0.4, -0.2) is 23.0 Å². The summed E-state index contributed by atoms with van der Waals surface area (Å²) in [7, 11) is 1.48. The Hall–Kier alpha value is -1.65. The number of esters is 1. The highest BCUT2D eigenvalue weighted by Crippen LogP contribution is 2.09. The fraction of sp³-hybridized carbons (Fsp3) is 0.375. The molecule has 5 heteroatoms. The Morgan fingerprint density at radius 2 is 2.38 bits per heavy atom. The lowest BCUT2D eigenvalue weighted by Gasteiger charge is -2.01. The molecule has 0 spiro atoms. The van der Waals surface area contributed by atoms with E-state index in [-0.39, 0.29) is 12.0 Å². The van der Waals surface area contributed by atoms with Crippen molar-refractivity contribution in [3.63, 3.8) is 0 Å². The molecule has 0 saturated carbocycles. The van der Waals surface area contributed by atoms with Crippen LogP contribution >= 0.6 is 0 Å². The summed E-state index contributed by atoms with van der Waals surface area (Å²) in [6.45, 7) is 1.70. The summed E-state index contributed by atoms with van der Waals surface area (Å²) in [5.74, 6) is 0.00200. The number of carbonyl (C=O) groups is 1. The number of nitrogens with zero attached hydrogens (tertiary/aromatic N) is 2. The average molecular weight is 182 g/mol. The maximum Gasteiger partial charge on any atom is 0.327 e. The lowest BCUT2D eigenvalue weighted by Crippen LogP contribution is -2.08. The van der Waals surface area contributed by atoms with Crippen molar-refractivity contribution in [2.45, 2.75) is 13.3 Å². The van der Waals surface area contributed by atoms with Gasteiger partial charge in [-0.3, -0.25) is 4.79 Å². The molecule has 0 bridgehead atoms. The van der Waals surface area contributed by atoms with Crippen molar-refractivity contribution in [2.24, 2.45) is 0 Å². The highest BCUT2D eigenvalue weighted by Gasteiger charge is 2.04. The van der Waals surface area contributed by atoms with Crippen LogP contribution in [0.1, 0.15) is 13.3 Å². The van der Waals surface area contributed by atoms with Gasteiger partial charge in [-0.05, 0) is 0 Å². The van der Waals surface area contributed by atoms with Gasteiger partial charge in [0.15, 0.2) is 0 Å². The Morgan fingerprint density at radius 1 is 1.62 bits per heavy atom. The summed E-state index contributed by atoms with van der Waals surface area (Å²) < 4.78 is 9.59. The second kappa shape index (κ2) is 4.39. The summed E-state index contributed by atoms with van der Waals surface area (Å²) in [5.41, 5.74) is 0. The van der Waals surface area contributed by atoms with Gasteiger partial charge in [0.2, 0.25) is 5.88 Å². The van der Waals surface area contributed by atoms with E-state index in [1.807, 2.05) is 0 Å². The van der Waals surface area contributed by atoms with Crippen molar-refractivity contribution < 1.29 is 14.3 Å². The van der Waals surface area contributed by atoms with Crippen LogP contribution in [0.5, 0.6) is 11.9 Å². The standard InChI is InChI=1S/C8H10N2O3/c1-3-7(11)13-8-9-5-4-6(10-8)12-2/h4-5H,3H2,1-2H3. The number of hydrogen-bond acceptors (Lipinski definition) is 5. The highest BCUT2D eigenvalue weighted by molar-refractivity contribution is 5.71. The zero-order valence-electron chi connectivity index (χ0n) is 7.48. The number of ether oxygens (including phenoxy) is 2. The summed E-state index contributed by atoms with van der Waals surface area (Å²) in [6, 6.07) is 1.59. The lowest BCUT2D eigenvalue weighted by molar-refractivity contribution is -0.134. The molecule has 1 rings (SSSR count). The number of carbonyl (C=O) groups excluding carboxylic acids is 1. The van der Waals surface area contributed by atoms with Crippen LogP contribution in [0.2, 0.25) is 0 Å². The predicted molar refractivity (Wildman–Crippen MR) is 44.5 cm³/mol. The zero-order chi connectivity index (χ0) is 9.68. The number of rotatable bonds is 3. The molecule has 1 aromatic rings. The van der Waals surface area contributed by atoms with Crippen LogP contribution < -0.4 is 9.47 Å². The zero-order valence-corrected chi connectivity index (χ0v) is 7.48. The molecule has 1 aromatic heterocycles. The second-order valence-electron chi connectivity index (χ2n) is 2.21. The third kappa shape index (κ3) is 2.70. The summed E-state index contributed by atoms with van der Waals surface area (Å²) >= 11 is 0. The molecule has 0 N–H and O–H groups in total. The summed E-state index contributed by atoms with van der Waals surface area (Å²) in [6.07, 6.45) is 1.75. The molecule has 5 nitrogen and oxygen atoms in total. The molecule has 1 heterocycles. The van der Waals surface area contributed by atoms with E-state index < -0.39 is 0 Å². The smallest absolute Gasteiger partial charge is 0.327 e. The molecule has 0 unspecified atom stereocenters. The van der Waals surface area contributed by atoms with Gasteiger partial charge in [0.05, 0.1) is 7.11 Å². The molecule has 0 atom stereocenters. The van der Waals surface area contributed by atoms with Gasteiger partial charge in [-0.1, -0.05) is 6.92 Å². The van der Waals surface area contributed by atoms with Crippen LogP contribution in [0.25, 0.3) is 0 Å². The fourth-order valence-electron chi connectivity index (χ4n) is 0.662. The maximum absolute atomic E-state index is 10.8. The number of aromatic nitrogens is 2. The Balaban J connectivity index is 2.71. The van der Waals surface area contributed by atoms with E-state index in [0.717, 1.165) is 0 Å². The maximum atomic E-state index is 10.8. The van der Waals surface area contributed by atoms with Gasteiger partial charge in [-0.15, -0.1) is 0 Å². The van der Waals surface area contributed by atoms with E-state index in [9.17, 15) is 4.79 Å². The van der Waals surface area contributed by atoms with Crippen LogP contribution in [-0.2, 0) is 4.79 Å². The topological polar surface area (TPSA) is 61.3 Å². The summed E-state index contributed by atoms with van der Waals surface area (Å²) in [5, 5.41) is 0.